The van der Waals surface area contributed by atoms with Gasteiger partial charge in [0.05, 0.1) is 0 Å². The van der Waals surface area contributed by atoms with E-state index >= 15 is 0 Å². The summed E-state index contributed by atoms with van der Waals surface area (Å²) < 4.78 is 0. The van der Waals surface area contributed by atoms with Crippen molar-refractivity contribution in [2.75, 3.05) is 20.6 Å². The molecule has 0 aliphatic heterocycles. The van der Waals surface area contributed by atoms with E-state index in [-0.39, 0.29) is 0 Å². The Balaban J connectivity index is 1.79. The third kappa shape index (κ3) is 4.17. The monoisotopic (exact) mass is 383 g/mol. The molecule has 0 bridgehead atoms. The Morgan fingerprint density at radius 2 is 1.32 bits per heavy atom. The summed E-state index contributed by atoms with van der Waals surface area (Å²) in [7, 11) is 3.66. The highest BCUT2D eigenvalue weighted by Gasteiger charge is 2.23. The van der Waals surface area contributed by atoms with Gasteiger partial charge in [-0.3, -0.25) is 0 Å². The van der Waals surface area contributed by atoms with Crippen LogP contribution < -0.4 is 15.9 Å². The molecular formula is C26H26NP. The maximum absolute atomic E-state index is 2.42. The second kappa shape index (κ2) is 8.69. The average Bonchev–Trinajstić information content (AvgIpc) is 3.18. The van der Waals surface area contributed by atoms with Gasteiger partial charge in [0, 0.05) is 12.5 Å². The van der Waals surface area contributed by atoms with Crippen molar-refractivity contribution in [2.45, 2.75) is 5.92 Å². The van der Waals surface area contributed by atoms with E-state index in [0.717, 1.165) is 6.54 Å². The van der Waals surface area contributed by atoms with Crippen LogP contribution >= 0.6 is 7.92 Å². The van der Waals surface area contributed by atoms with Gasteiger partial charge in [-0.1, -0.05) is 103 Å². The largest absolute Gasteiger partial charge is 0.305 e. The van der Waals surface area contributed by atoms with Gasteiger partial charge >= 0.3 is 0 Å². The minimum Gasteiger partial charge on any atom is -0.305 e. The molecule has 0 N–H and O–H groups in total. The maximum Gasteiger partial charge on any atom is 0.0224 e. The molecule has 3 aromatic rings. The number of likely N-dealkylation sites (N-methyl/N-ethyl adjacent to an activating group) is 1. The summed E-state index contributed by atoms with van der Waals surface area (Å²) in [4.78, 5) is 2.23. The van der Waals surface area contributed by atoms with Gasteiger partial charge in [0.25, 0.3) is 0 Å². The number of hydrogen-bond donors (Lipinski definition) is 0. The van der Waals surface area contributed by atoms with E-state index in [0.29, 0.717) is 5.92 Å². The van der Waals surface area contributed by atoms with Crippen molar-refractivity contribution in [3.05, 3.63) is 114 Å². The molecule has 4 rings (SSSR count). The number of allylic oxidation sites excluding steroid dienone is 2. The highest BCUT2D eigenvalue weighted by atomic mass is 31.1. The van der Waals surface area contributed by atoms with Gasteiger partial charge in [0.2, 0.25) is 0 Å². The lowest BCUT2D eigenvalue weighted by atomic mass is 10.0. The minimum absolute atomic E-state index is 0.351. The van der Waals surface area contributed by atoms with Crippen LogP contribution in [0.5, 0.6) is 0 Å². The molecule has 3 aromatic carbocycles. The van der Waals surface area contributed by atoms with Gasteiger partial charge in [-0.15, -0.1) is 0 Å². The third-order valence-electron chi connectivity index (χ3n) is 4.98. The van der Waals surface area contributed by atoms with Crippen LogP contribution in [0.25, 0.3) is 0 Å². The molecule has 0 saturated carbocycles. The second-order valence-corrected chi connectivity index (χ2v) is 9.62. The van der Waals surface area contributed by atoms with Crippen LogP contribution in [-0.2, 0) is 0 Å². The minimum atomic E-state index is -0.587. The number of nitrogens with zero attached hydrogens (tertiary/aromatic N) is 1. The van der Waals surface area contributed by atoms with Gasteiger partial charge in [0.1, 0.15) is 0 Å². The molecule has 1 aliphatic rings. The van der Waals surface area contributed by atoms with Crippen LogP contribution in [0.2, 0.25) is 0 Å². The molecule has 1 atom stereocenters. The van der Waals surface area contributed by atoms with Crippen molar-refractivity contribution in [1.29, 1.82) is 0 Å². The molecule has 0 amide bonds. The fourth-order valence-electron chi connectivity index (χ4n) is 3.79. The van der Waals surface area contributed by atoms with Crippen LogP contribution in [0.4, 0.5) is 0 Å². The van der Waals surface area contributed by atoms with Crippen molar-refractivity contribution < 1.29 is 0 Å². The van der Waals surface area contributed by atoms with Crippen molar-refractivity contribution in [1.82, 2.24) is 4.90 Å². The van der Waals surface area contributed by atoms with E-state index in [1.807, 2.05) is 0 Å². The molecule has 0 fully saturated rings. The van der Waals surface area contributed by atoms with E-state index in [1.165, 1.54) is 27.1 Å². The quantitative estimate of drug-likeness (QED) is 0.563. The molecule has 0 radical (unpaired) electrons. The summed E-state index contributed by atoms with van der Waals surface area (Å²) in [6.45, 7) is 0.987. The van der Waals surface area contributed by atoms with Crippen molar-refractivity contribution >= 4 is 23.8 Å². The first-order valence-electron chi connectivity index (χ1n) is 9.75. The van der Waals surface area contributed by atoms with Crippen molar-refractivity contribution in [3.8, 4) is 0 Å². The van der Waals surface area contributed by atoms with Gasteiger partial charge < -0.3 is 4.90 Å². The van der Waals surface area contributed by atoms with Gasteiger partial charge in [0.15, 0.2) is 0 Å². The number of hydrogen-bond acceptors (Lipinski definition) is 1. The fraction of sp³-hybridized carbons (Fsp3) is 0.154. The molecule has 0 aromatic heterocycles. The van der Waals surface area contributed by atoms with Crippen LogP contribution in [0, 0.1) is 0 Å². The lowest BCUT2D eigenvalue weighted by molar-refractivity contribution is 0.449. The molecule has 0 saturated heterocycles. The Bertz CT molecular complexity index is 934. The van der Waals surface area contributed by atoms with Crippen LogP contribution in [0.3, 0.4) is 0 Å². The first kappa shape index (κ1) is 18.9. The first-order chi connectivity index (χ1) is 13.7. The van der Waals surface area contributed by atoms with Gasteiger partial charge in [-0.25, -0.2) is 0 Å². The van der Waals surface area contributed by atoms with E-state index in [4.69, 9.17) is 0 Å². The predicted octanol–water partition coefficient (Wildman–Crippen LogP) is 4.59. The molecule has 1 unspecified atom stereocenters. The highest BCUT2D eigenvalue weighted by Crippen LogP contribution is 2.37. The third-order valence-corrected chi connectivity index (χ3v) is 7.49. The van der Waals surface area contributed by atoms with E-state index in [1.54, 1.807) is 0 Å². The standard InChI is InChI=1S/C26H26NP/c1-27(2)20-21-17-18-22(19-21)25-15-9-10-16-26(25)28(23-11-5-3-6-12-23)24-13-7-4-8-14-24/h3-19,22H,20H2,1-2H3. The summed E-state index contributed by atoms with van der Waals surface area (Å²) in [5.41, 5.74) is 2.82. The number of benzene rings is 3. The summed E-state index contributed by atoms with van der Waals surface area (Å²) in [6, 6.07) is 30.9. The predicted molar refractivity (Wildman–Crippen MR) is 124 cm³/mol. The molecule has 0 heterocycles. The zero-order valence-electron chi connectivity index (χ0n) is 16.5. The normalized spacial score (nSPS) is 16.0. The van der Waals surface area contributed by atoms with E-state index in [2.05, 4.69) is 122 Å². The maximum atomic E-state index is 2.42. The van der Waals surface area contributed by atoms with Crippen LogP contribution in [-0.4, -0.2) is 25.5 Å². The summed E-state index contributed by atoms with van der Waals surface area (Å²) in [5.74, 6) is 0.351. The highest BCUT2D eigenvalue weighted by molar-refractivity contribution is 7.79. The van der Waals surface area contributed by atoms with E-state index in [9.17, 15) is 0 Å². The zero-order valence-corrected chi connectivity index (χ0v) is 17.4. The second-order valence-electron chi connectivity index (χ2n) is 7.43. The molecular weight excluding hydrogens is 357 g/mol. The topological polar surface area (TPSA) is 3.24 Å². The first-order valence-corrected chi connectivity index (χ1v) is 11.1. The van der Waals surface area contributed by atoms with Crippen molar-refractivity contribution in [3.63, 3.8) is 0 Å². The lowest BCUT2D eigenvalue weighted by Gasteiger charge is -2.23. The summed E-state index contributed by atoms with van der Waals surface area (Å²) in [5, 5.41) is 4.25. The Morgan fingerprint density at radius 3 is 1.93 bits per heavy atom. The van der Waals surface area contributed by atoms with Gasteiger partial charge in [-0.05, 0) is 49.1 Å². The molecule has 28 heavy (non-hydrogen) atoms. The lowest BCUT2D eigenvalue weighted by Crippen LogP contribution is -2.23. The zero-order chi connectivity index (χ0) is 19.3. The summed E-state index contributed by atoms with van der Waals surface area (Å²) >= 11 is 0. The Kier molecular flexibility index (Phi) is 5.86. The summed E-state index contributed by atoms with van der Waals surface area (Å²) in [6.07, 6.45) is 7.05. The molecule has 2 heteroatoms. The SMILES string of the molecule is CN(C)CC1=CC(c2ccccc2P(c2ccccc2)c2ccccc2)C=C1. The number of rotatable bonds is 6. The smallest absolute Gasteiger partial charge is 0.0224 e. The van der Waals surface area contributed by atoms with Crippen molar-refractivity contribution in [2.24, 2.45) is 0 Å². The average molecular weight is 383 g/mol. The van der Waals surface area contributed by atoms with Crippen LogP contribution in [0.1, 0.15) is 11.5 Å². The van der Waals surface area contributed by atoms with E-state index < -0.39 is 7.92 Å². The molecule has 0 spiro atoms. The molecule has 1 aliphatic carbocycles. The fourth-order valence-corrected chi connectivity index (χ4v) is 6.30. The Labute approximate surface area is 169 Å². The Morgan fingerprint density at radius 1 is 0.750 bits per heavy atom. The Hall–Kier alpha value is -2.47. The van der Waals surface area contributed by atoms with Gasteiger partial charge in [-0.2, -0.15) is 0 Å². The molecule has 1 nitrogen and oxygen atoms in total. The van der Waals surface area contributed by atoms with Crippen LogP contribution in [0.15, 0.2) is 109 Å². The molecule has 140 valence electrons.